The van der Waals surface area contributed by atoms with Crippen LogP contribution in [0.5, 0.6) is 0 Å². The largest absolute Gasteiger partial charge is 0.460 e. The van der Waals surface area contributed by atoms with Gasteiger partial charge in [-0.05, 0) is 19.8 Å². The Labute approximate surface area is 134 Å². The summed E-state index contributed by atoms with van der Waals surface area (Å²) in [5.41, 5.74) is 0. The van der Waals surface area contributed by atoms with Crippen molar-refractivity contribution in [3.05, 3.63) is 0 Å². The molecule has 0 aliphatic rings. The van der Waals surface area contributed by atoms with Gasteiger partial charge in [0.25, 0.3) is 0 Å². The molecule has 1 N–H and O–H groups in total. The molecule has 0 amide bonds. The van der Waals surface area contributed by atoms with Crippen molar-refractivity contribution in [3.8, 4) is 0 Å². The number of esters is 2. The number of carbonyl (C=O) groups excluding carboxylic acids is 2. The number of hydrogen-bond donors (Lipinski definition) is 1. The highest BCUT2D eigenvalue weighted by molar-refractivity contribution is 5.73. The molecule has 0 saturated heterocycles. The fourth-order valence-corrected chi connectivity index (χ4v) is 2.21. The van der Waals surface area contributed by atoms with Crippen LogP contribution in [0.3, 0.4) is 0 Å². The van der Waals surface area contributed by atoms with Crippen LogP contribution in [0.15, 0.2) is 0 Å². The molecule has 0 radical (unpaired) electrons. The van der Waals surface area contributed by atoms with Crippen LogP contribution in [-0.4, -0.2) is 35.9 Å². The van der Waals surface area contributed by atoms with Gasteiger partial charge in [0.05, 0.1) is 0 Å². The van der Waals surface area contributed by atoms with E-state index < -0.39 is 18.2 Å². The molecule has 0 aliphatic carbocycles. The van der Waals surface area contributed by atoms with E-state index in [0.29, 0.717) is 6.42 Å². The van der Waals surface area contributed by atoms with Crippen LogP contribution in [0.1, 0.15) is 78.6 Å². The number of ether oxygens (including phenoxy) is 2. The third-order valence-corrected chi connectivity index (χ3v) is 3.46. The van der Waals surface area contributed by atoms with Crippen molar-refractivity contribution < 1.29 is 24.2 Å². The zero-order valence-corrected chi connectivity index (χ0v) is 14.3. The SMILES string of the molecule is CCCCCCCCCCC(COC(=O)[C@H](C)O)OC(C)=O. The highest BCUT2D eigenvalue weighted by Crippen LogP contribution is 2.12. The smallest absolute Gasteiger partial charge is 0.334 e. The Balaban J connectivity index is 3.80. The van der Waals surface area contributed by atoms with Gasteiger partial charge in [-0.2, -0.15) is 0 Å². The third-order valence-electron chi connectivity index (χ3n) is 3.46. The topological polar surface area (TPSA) is 72.8 Å². The van der Waals surface area contributed by atoms with E-state index in [4.69, 9.17) is 14.6 Å². The summed E-state index contributed by atoms with van der Waals surface area (Å²) in [6, 6.07) is 0. The van der Waals surface area contributed by atoms with Gasteiger partial charge in [0.1, 0.15) is 18.8 Å². The molecule has 2 atom stereocenters. The van der Waals surface area contributed by atoms with Gasteiger partial charge in [-0.15, -0.1) is 0 Å². The molecule has 130 valence electrons. The minimum atomic E-state index is -1.15. The van der Waals surface area contributed by atoms with Crippen molar-refractivity contribution in [2.75, 3.05) is 6.61 Å². The molecular formula is C17H32O5. The molecule has 0 aromatic heterocycles. The monoisotopic (exact) mass is 316 g/mol. The standard InChI is InChI=1S/C17H32O5/c1-4-5-6-7-8-9-10-11-12-16(22-15(3)19)13-21-17(20)14(2)18/h14,16,18H,4-13H2,1-3H3/t14-,16?/m0/s1. The lowest BCUT2D eigenvalue weighted by atomic mass is 10.1. The molecule has 1 unspecified atom stereocenters. The van der Waals surface area contributed by atoms with Crippen LogP contribution >= 0.6 is 0 Å². The van der Waals surface area contributed by atoms with Gasteiger partial charge in [-0.1, -0.05) is 51.9 Å². The first-order valence-electron chi connectivity index (χ1n) is 8.49. The zero-order valence-electron chi connectivity index (χ0n) is 14.3. The molecule has 0 aromatic rings. The molecule has 5 nitrogen and oxygen atoms in total. The zero-order chi connectivity index (χ0) is 16.8. The molecule has 0 rings (SSSR count). The summed E-state index contributed by atoms with van der Waals surface area (Å²) in [5.74, 6) is -1.06. The van der Waals surface area contributed by atoms with Crippen molar-refractivity contribution in [1.82, 2.24) is 0 Å². The second kappa shape index (κ2) is 13.6. The van der Waals surface area contributed by atoms with Crippen molar-refractivity contribution >= 4 is 11.9 Å². The first-order valence-corrected chi connectivity index (χ1v) is 8.49. The summed E-state index contributed by atoms with van der Waals surface area (Å²) in [5, 5.41) is 9.07. The van der Waals surface area contributed by atoms with Gasteiger partial charge >= 0.3 is 11.9 Å². The van der Waals surface area contributed by atoms with E-state index in [9.17, 15) is 9.59 Å². The molecule has 0 fully saturated rings. The lowest BCUT2D eigenvalue weighted by Crippen LogP contribution is -2.28. The van der Waals surface area contributed by atoms with E-state index in [0.717, 1.165) is 12.8 Å². The van der Waals surface area contributed by atoms with Gasteiger partial charge in [0, 0.05) is 6.92 Å². The number of carbonyl (C=O) groups is 2. The average Bonchev–Trinajstić information content (AvgIpc) is 2.46. The van der Waals surface area contributed by atoms with Crippen LogP contribution < -0.4 is 0 Å². The summed E-state index contributed by atoms with van der Waals surface area (Å²) in [7, 11) is 0. The van der Waals surface area contributed by atoms with Crippen LogP contribution in [0, 0.1) is 0 Å². The van der Waals surface area contributed by atoms with Gasteiger partial charge in [0.2, 0.25) is 0 Å². The van der Waals surface area contributed by atoms with Crippen molar-refractivity contribution in [2.24, 2.45) is 0 Å². The molecule has 0 bridgehead atoms. The lowest BCUT2D eigenvalue weighted by molar-refractivity contribution is -0.162. The van der Waals surface area contributed by atoms with Crippen LogP contribution in [-0.2, 0) is 19.1 Å². The number of aliphatic hydroxyl groups is 1. The highest BCUT2D eigenvalue weighted by atomic mass is 16.6. The van der Waals surface area contributed by atoms with Crippen LogP contribution in [0.2, 0.25) is 0 Å². The number of aliphatic hydroxyl groups excluding tert-OH is 1. The van der Waals surface area contributed by atoms with E-state index >= 15 is 0 Å². The summed E-state index contributed by atoms with van der Waals surface area (Å²) in [6.45, 7) is 4.91. The van der Waals surface area contributed by atoms with Crippen LogP contribution in [0.4, 0.5) is 0 Å². The maximum Gasteiger partial charge on any atom is 0.334 e. The predicted octanol–water partition coefficient (Wildman–Crippen LogP) is 3.37. The molecule has 5 heteroatoms. The van der Waals surface area contributed by atoms with Gasteiger partial charge in [-0.3, -0.25) is 4.79 Å². The van der Waals surface area contributed by atoms with Gasteiger partial charge < -0.3 is 14.6 Å². The molecule has 0 aliphatic heterocycles. The van der Waals surface area contributed by atoms with Gasteiger partial charge in [-0.25, -0.2) is 4.79 Å². The number of hydrogen-bond acceptors (Lipinski definition) is 5. The van der Waals surface area contributed by atoms with Crippen molar-refractivity contribution in [1.29, 1.82) is 0 Å². The Hall–Kier alpha value is -1.10. The van der Waals surface area contributed by atoms with E-state index in [1.807, 2.05) is 0 Å². The minimum Gasteiger partial charge on any atom is -0.460 e. The summed E-state index contributed by atoms with van der Waals surface area (Å²) < 4.78 is 10.1. The van der Waals surface area contributed by atoms with Crippen molar-refractivity contribution in [2.45, 2.75) is 90.8 Å². The molecule has 0 aromatic carbocycles. The Bertz CT molecular complexity index is 301. The fraction of sp³-hybridized carbons (Fsp3) is 0.882. The second-order valence-electron chi connectivity index (χ2n) is 5.80. The van der Waals surface area contributed by atoms with E-state index in [1.54, 1.807) is 0 Å². The Morgan fingerprint density at radius 1 is 1.00 bits per heavy atom. The average molecular weight is 316 g/mol. The maximum absolute atomic E-state index is 11.2. The lowest BCUT2D eigenvalue weighted by Gasteiger charge is -2.17. The predicted molar refractivity (Wildman–Crippen MR) is 85.4 cm³/mol. The number of rotatable bonds is 13. The van der Waals surface area contributed by atoms with E-state index in [1.165, 1.54) is 52.4 Å². The Morgan fingerprint density at radius 3 is 2.05 bits per heavy atom. The molecule has 0 heterocycles. The molecule has 0 saturated carbocycles. The maximum atomic E-state index is 11.2. The van der Waals surface area contributed by atoms with Crippen molar-refractivity contribution in [3.63, 3.8) is 0 Å². The highest BCUT2D eigenvalue weighted by Gasteiger charge is 2.17. The van der Waals surface area contributed by atoms with Crippen LogP contribution in [0.25, 0.3) is 0 Å². The van der Waals surface area contributed by atoms with E-state index in [-0.39, 0.29) is 12.6 Å². The Kier molecular flexibility index (Phi) is 12.9. The molecular weight excluding hydrogens is 284 g/mol. The Morgan fingerprint density at radius 2 is 1.55 bits per heavy atom. The minimum absolute atomic E-state index is 0.0137. The fourth-order valence-electron chi connectivity index (χ4n) is 2.21. The van der Waals surface area contributed by atoms with E-state index in [2.05, 4.69) is 6.92 Å². The molecule has 0 spiro atoms. The first kappa shape index (κ1) is 20.9. The van der Waals surface area contributed by atoms with Gasteiger partial charge in [0.15, 0.2) is 0 Å². The normalized spacial score (nSPS) is 13.5. The first-order chi connectivity index (χ1) is 10.5. The number of unbranched alkanes of at least 4 members (excludes halogenated alkanes) is 7. The second-order valence-corrected chi connectivity index (χ2v) is 5.80. The quantitative estimate of drug-likeness (QED) is 0.416. The third kappa shape index (κ3) is 12.6. The molecule has 22 heavy (non-hydrogen) atoms. The summed E-state index contributed by atoms with van der Waals surface area (Å²) in [4.78, 5) is 22.3. The summed E-state index contributed by atoms with van der Waals surface area (Å²) >= 11 is 0. The summed E-state index contributed by atoms with van der Waals surface area (Å²) in [6.07, 6.45) is 8.74.